The molecule has 0 saturated carbocycles. The van der Waals surface area contributed by atoms with E-state index in [1.807, 2.05) is 56.3 Å². The SMILES string of the molecule is CC(O)c1cccc(Nc2nccc(-c3ccc(C(=O)N(C)C(C)C)s3)n2)c1. The van der Waals surface area contributed by atoms with Crippen molar-refractivity contribution in [2.24, 2.45) is 0 Å². The fraction of sp³-hybridized carbons (Fsp3) is 0.286. The van der Waals surface area contributed by atoms with Gasteiger partial charge in [0.2, 0.25) is 5.95 Å². The third kappa shape index (κ3) is 4.55. The van der Waals surface area contributed by atoms with Crippen LogP contribution in [0.4, 0.5) is 11.6 Å². The highest BCUT2D eigenvalue weighted by Gasteiger charge is 2.17. The van der Waals surface area contributed by atoms with E-state index in [1.165, 1.54) is 11.3 Å². The number of carbonyl (C=O) groups excluding carboxylic acids is 1. The van der Waals surface area contributed by atoms with E-state index in [1.54, 1.807) is 25.1 Å². The number of anilines is 2. The number of rotatable bonds is 6. The Kier molecular flexibility index (Phi) is 6.06. The van der Waals surface area contributed by atoms with Crippen molar-refractivity contribution in [3.8, 4) is 10.6 Å². The van der Waals surface area contributed by atoms with E-state index < -0.39 is 6.10 Å². The minimum Gasteiger partial charge on any atom is -0.389 e. The summed E-state index contributed by atoms with van der Waals surface area (Å²) in [4.78, 5) is 24.6. The molecule has 2 N–H and O–H groups in total. The Morgan fingerprint density at radius 1 is 1.18 bits per heavy atom. The zero-order chi connectivity index (χ0) is 20.3. The Balaban J connectivity index is 1.81. The number of hydrogen-bond donors (Lipinski definition) is 2. The van der Waals surface area contributed by atoms with E-state index in [9.17, 15) is 9.90 Å². The predicted octanol–water partition coefficient (Wildman–Crippen LogP) is 4.48. The molecule has 0 radical (unpaired) electrons. The molecule has 6 nitrogen and oxygen atoms in total. The predicted molar refractivity (Wildman–Crippen MR) is 113 cm³/mol. The molecule has 1 aromatic carbocycles. The maximum absolute atomic E-state index is 12.5. The molecule has 0 bridgehead atoms. The molecule has 0 aliphatic heterocycles. The first kappa shape index (κ1) is 20.0. The van der Waals surface area contributed by atoms with Crippen LogP contribution in [-0.2, 0) is 0 Å². The quantitative estimate of drug-likeness (QED) is 0.642. The van der Waals surface area contributed by atoms with Gasteiger partial charge in [-0.2, -0.15) is 0 Å². The maximum Gasteiger partial charge on any atom is 0.263 e. The highest BCUT2D eigenvalue weighted by Crippen LogP contribution is 2.28. The van der Waals surface area contributed by atoms with Crippen molar-refractivity contribution in [2.75, 3.05) is 12.4 Å². The van der Waals surface area contributed by atoms with E-state index >= 15 is 0 Å². The average molecular weight is 397 g/mol. The molecule has 2 aromatic heterocycles. The van der Waals surface area contributed by atoms with Gasteiger partial charge in [0.1, 0.15) is 0 Å². The van der Waals surface area contributed by atoms with E-state index in [4.69, 9.17) is 0 Å². The number of benzene rings is 1. The number of hydrogen-bond acceptors (Lipinski definition) is 6. The van der Waals surface area contributed by atoms with Crippen LogP contribution in [0.1, 0.15) is 42.1 Å². The lowest BCUT2D eigenvalue weighted by atomic mass is 10.1. The number of aliphatic hydroxyl groups excluding tert-OH is 1. The van der Waals surface area contributed by atoms with E-state index in [-0.39, 0.29) is 11.9 Å². The lowest BCUT2D eigenvalue weighted by molar-refractivity contribution is 0.0760. The van der Waals surface area contributed by atoms with Gasteiger partial charge in [0.05, 0.1) is 21.6 Å². The van der Waals surface area contributed by atoms with Gasteiger partial charge in [0.25, 0.3) is 5.91 Å². The largest absolute Gasteiger partial charge is 0.389 e. The average Bonchev–Trinajstić information content (AvgIpc) is 3.17. The van der Waals surface area contributed by atoms with Gasteiger partial charge in [-0.1, -0.05) is 12.1 Å². The lowest BCUT2D eigenvalue weighted by Gasteiger charge is -2.20. The second kappa shape index (κ2) is 8.50. The topological polar surface area (TPSA) is 78.3 Å². The van der Waals surface area contributed by atoms with Gasteiger partial charge in [-0.3, -0.25) is 4.79 Å². The van der Waals surface area contributed by atoms with Crippen LogP contribution < -0.4 is 5.32 Å². The molecule has 146 valence electrons. The van der Waals surface area contributed by atoms with Gasteiger partial charge in [-0.25, -0.2) is 9.97 Å². The summed E-state index contributed by atoms with van der Waals surface area (Å²) >= 11 is 1.42. The smallest absolute Gasteiger partial charge is 0.263 e. The molecule has 28 heavy (non-hydrogen) atoms. The second-order valence-corrected chi connectivity index (χ2v) is 7.95. The number of aliphatic hydroxyl groups is 1. The number of nitrogens with one attached hydrogen (secondary N) is 1. The molecule has 0 saturated heterocycles. The molecule has 2 heterocycles. The van der Waals surface area contributed by atoms with Crippen molar-refractivity contribution in [2.45, 2.75) is 32.9 Å². The molecule has 3 aromatic rings. The normalized spacial score (nSPS) is 12.1. The Bertz CT molecular complexity index is 968. The number of amides is 1. The van der Waals surface area contributed by atoms with E-state index in [0.717, 1.165) is 21.8 Å². The third-order valence-electron chi connectivity index (χ3n) is 4.44. The fourth-order valence-corrected chi connectivity index (χ4v) is 3.52. The minimum absolute atomic E-state index is 0.00796. The molecule has 1 amide bonds. The first-order chi connectivity index (χ1) is 13.3. The molecule has 0 spiro atoms. The highest BCUT2D eigenvalue weighted by atomic mass is 32.1. The van der Waals surface area contributed by atoms with Gasteiger partial charge >= 0.3 is 0 Å². The van der Waals surface area contributed by atoms with Crippen LogP contribution in [-0.4, -0.2) is 39.0 Å². The number of aromatic nitrogens is 2. The molecule has 7 heteroatoms. The van der Waals surface area contributed by atoms with Crippen molar-refractivity contribution >= 4 is 28.9 Å². The monoisotopic (exact) mass is 396 g/mol. The summed E-state index contributed by atoms with van der Waals surface area (Å²) < 4.78 is 0. The fourth-order valence-electron chi connectivity index (χ4n) is 2.56. The summed E-state index contributed by atoms with van der Waals surface area (Å²) in [7, 11) is 1.81. The Hall–Kier alpha value is -2.77. The molecule has 1 unspecified atom stereocenters. The Morgan fingerprint density at radius 2 is 1.96 bits per heavy atom. The number of carbonyl (C=O) groups is 1. The van der Waals surface area contributed by atoms with Crippen LogP contribution in [0.25, 0.3) is 10.6 Å². The van der Waals surface area contributed by atoms with Crippen molar-refractivity contribution in [1.29, 1.82) is 0 Å². The Morgan fingerprint density at radius 3 is 2.68 bits per heavy atom. The van der Waals surface area contributed by atoms with Crippen LogP contribution in [0.15, 0.2) is 48.7 Å². The first-order valence-electron chi connectivity index (χ1n) is 9.10. The first-order valence-corrected chi connectivity index (χ1v) is 9.92. The summed E-state index contributed by atoms with van der Waals surface area (Å²) in [5.74, 6) is 0.467. The zero-order valence-corrected chi connectivity index (χ0v) is 17.2. The van der Waals surface area contributed by atoms with Crippen molar-refractivity contribution in [1.82, 2.24) is 14.9 Å². The summed E-state index contributed by atoms with van der Waals surface area (Å²) in [6.07, 6.45) is 1.14. The molecule has 1 atom stereocenters. The van der Waals surface area contributed by atoms with Gasteiger partial charge < -0.3 is 15.3 Å². The van der Waals surface area contributed by atoms with E-state index in [0.29, 0.717) is 10.8 Å². The summed E-state index contributed by atoms with van der Waals surface area (Å²) in [5, 5.41) is 12.9. The summed E-state index contributed by atoms with van der Waals surface area (Å²) in [5.41, 5.74) is 2.37. The summed E-state index contributed by atoms with van der Waals surface area (Å²) in [6.45, 7) is 5.70. The Labute approximate surface area is 168 Å². The molecule has 3 rings (SSSR count). The van der Waals surface area contributed by atoms with Gasteiger partial charge in [-0.05, 0) is 56.7 Å². The highest BCUT2D eigenvalue weighted by molar-refractivity contribution is 7.17. The van der Waals surface area contributed by atoms with Crippen LogP contribution in [0.3, 0.4) is 0 Å². The second-order valence-electron chi connectivity index (χ2n) is 6.87. The van der Waals surface area contributed by atoms with Crippen molar-refractivity contribution in [3.05, 3.63) is 59.1 Å². The molecule has 0 aliphatic rings. The van der Waals surface area contributed by atoms with Gasteiger partial charge in [0.15, 0.2) is 0 Å². The number of thiophene rings is 1. The van der Waals surface area contributed by atoms with Crippen molar-refractivity contribution < 1.29 is 9.90 Å². The summed E-state index contributed by atoms with van der Waals surface area (Å²) in [6, 6.07) is 13.2. The van der Waals surface area contributed by atoms with Gasteiger partial charge in [0, 0.05) is 25.0 Å². The lowest BCUT2D eigenvalue weighted by Crippen LogP contribution is -2.32. The van der Waals surface area contributed by atoms with Crippen LogP contribution in [0.2, 0.25) is 0 Å². The van der Waals surface area contributed by atoms with E-state index in [2.05, 4.69) is 15.3 Å². The maximum atomic E-state index is 12.5. The molecular weight excluding hydrogens is 372 g/mol. The minimum atomic E-state index is -0.542. The molecule has 0 fully saturated rings. The standard InChI is InChI=1S/C21H24N4O2S/c1-13(2)25(4)20(27)19-9-8-18(28-19)17-10-11-22-21(24-17)23-16-7-5-6-15(12-16)14(3)26/h5-14,26H,1-4H3,(H,22,23,24). The zero-order valence-electron chi connectivity index (χ0n) is 16.4. The van der Waals surface area contributed by atoms with Crippen LogP contribution in [0.5, 0.6) is 0 Å². The van der Waals surface area contributed by atoms with Gasteiger partial charge in [-0.15, -0.1) is 11.3 Å². The van der Waals surface area contributed by atoms with Crippen LogP contribution >= 0.6 is 11.3 Å². The number of nitrogens with zero attached hydrogens (tertiary/aromatic N) is 3. The molecular formula is C21H24N4O2S. The van der Waals surface area contributed by atoms with Crippen LogP contribution in [0, 0.1) is 0 Å². The van der Waals surface area contributed by atoms with Crippen molar-refractivity contribution in [3.63, 3.8) is 0 Å². The molecule has 0 aliphatic carbocycles. The third-order valence-corrected chi connectivity index (χ3v) is 5.54.